The number of hydrogen-bond donors (Lipinski definition) is 2. The number of pyridine rings is 2. The van der Waals surface area contributed by atoms with Crippen molar-refractivity contribution >= 4 is 28.9 Å². The van der Waals surface area contributed by atoms with Crippen molar-refractivity contribution in [3.8, 4) is 11.6 Å². The molecule has 1 aromatic carbocycles. The van der Waals surface area contributed by atoms with E-state index < -0.39 is 64.0 Å². The van der Waals surface area contributed by atoms with Gasteiger partial charge in [-0.15, -0.1) is 0 Å². The summed E-state index contributed by atoms with van der Waals surface area (Å²) in [5, 5.41) is 11.9. The van der Waals surface area contributed by atoms with Crippen LogP contribution in [0.4, 0.5) is 23.2 Å². The molecule has 38 heavy (non-hydrogen) atoms. The van der Waals surface area contributed by atoms with E-state index in [-0.39, 0.29) is 22.0 Å². The molecule has 2 aromatic heterocycles. The number of nitrogens with one attached hydrogen (secondary N) is 1. The van der Waals surface area contributed by atoms with Gasteiger partial charge < -0.3 is 19.7 Å². The predicted molar refractivity (Wildman–Crippen MR) is 128 cm³/mol. The smallest absolute Gasteiger partial charge is 0.418 e. The normalized spacial score (nSPS) is 13.0. The van der Waals surface area contributed by atoms with Crippen molar-refractivity contribution in [2.45, 2.75) is 37.9 Å². The third-order valence-electron chi connectivity index (χ3n) is 5.26. The maximum absolute atomic E-state index is 13.6. The second-order valence-electron chi connectivity index (χ2n) is 8.04. The number of ether oxygens (including phenoxy) is 1. The first-order chi connectivity index (χ1) is 17.7. The Balaban J connectivity index is 1.99. The summed E-state index contributed by atoms with van der Waals surface area (Å²) < 4.78 is 73.2. The van der Waals surface area contributed by atoms with Gasteiger partial charge in [0.25, 0.3) is 11.8 Å². The van der Waals surface area contributed by atoms with E-state index in [2.05, 4.69) is 15.3 Å². The lowest BCUT2D eigenvalue weighted by molar-refractivity contribution is -0.138. The number of aliphatic hydroxyl groups excluding tert-OH is 1. The molecule has 0 saturated carbocycles. The fraction of sp³-hybridized carbons (Fsp3) is 0.250. The summed E-state index contributed by atoms with van der Waals surface area (Å²) in [5.41, 5.74) is -2.08. The molecule has 2 amide bonds. The topological polar surface area (TPSA) is 128 Å². The Morgan fingerprint density at radius 3 is 2.50 bits per heavy atom. The van der Waals surface area contributed by atoms with Gasteiger partial charge in [-0.2, -0.15) is 21.9 Å². The van der Waals surface area contributed by atoms with Gasteiger partial charge in [0, 0.05) is 18.0 Å². The van der Waals surface area contributed by atoms with Crippen molar-refractivity contribution in [2.75, 3.05) is 12.4 Å². The summed E-state index contributed by atoms with van der Waals surface area (Å²) in [5.74, 6) is -3.15. The summed E-state index contributed by atoms with van der Waals surface area (Å²) in [6, 6.07) is 7.62. The van der Waals surface area contributed by atoms with E-state index in [1.807, 2.05) is 0 Å². The number of amides is 2. The lowest BCUT2D eigenvalue weighted by atomic mass is 10.0. The van der Waals surface area contributed by atoms with Gasteiger partial charge in [-0.3, -0.25) is 9.59 Å². The molecule has 2 heterocycles. The molecular weight excluding hydrogens is 532 g/mol. The molecule has 3 aromatic rings. The van der Waals surface area contributed by atoms with E-state index in [1.54, 1.807) is 0 Å². The van der Waals surface area contributed by atoms with Crippen LogP contribution in [0.15, 0.2) is 47.5 Å². The highest BCUT2D eigenvalue weighted by Gasteiger charge is 2.36. The van der Waals surface area contributed by atoms with E-state index in [1.165, 1.54) is 51.2 Å². The zero-order valence-corrected chi connectivity index (χ0v) is 21.3. The highest BCUT2D eigenvalue weighted by Crippen LogP contribution is 2.37. The van der Waals surface area contributed by atoms with Gasteiger partial charge >= 0.3 is 6.18 Å². The molecule has 0 fully saturated rings. The van der Waals surface area contributed by atoms with Crippen molar-refractivity contribution in [1.82, 2.24) is 14.3 Å². The van der Waals surface area contributed by atoms with Crippen LogP contribution in [0.3, 0.4) is 0 Å². The van der Waals surface area contributed by atoms with E-state index in [0.717, 1.165) is 17.3 Å². The molecule has 0 saturated heterocycles. The molecule has 202 valence electrons. The maximum Gasteiger partial charge on any atom is 0.418 e. The summed E-state index contributed by atoms with van der Waals surface area (Å²) >= 11 is -2.05. The second-order valence-corrected chi connectivity index (χ2v) is 9.55. The van der Waals surface area contributed by atoms with Crippen LogP contribution in [0.5, 0.6) is 11.6 Å². The van der Waals surface area contributed by atoms with Crippen LogP contribution in [0.1, 0.15) is 34.1 Å². The standard InChI is InChI=1S/C24H22F4N4O5S/c1-12-17(24(26,27)28)11-29-22(37-18-8-9-19(25)30-13(18)2)20(12)21(34)31-15-6-5-7-16(10-15)38(36)32(4)23(35)14(3)33/h5-11,14,33H,1-4H3,(H,31,34)/t14-,38?/m1/s1. The number of anilines is 1. The fourth-order valence-corrected chi connectivity index (χ4v) is 4.37. The van der Waals surface area contributed by atoms with Crippen LogP contribution in [0.2, 0.25) is 0 Å². The number of nitrogens with zero attached hydrogens (tertiary/aromatic N) is 3. The molecule has 0 aliphatic heterocycles. The molecule has 9 nitrogen and oxygen atoms in total. The minimum atomic E-state index is -4.82. The number of carbonyl (C=O) groups excluding carboxylic acids is 2. The van der Waals surface area contributed by atoms with Gasteiger partial charge in [0.2, 0.25) is 11.8 Å². The van der Waals surface area contributed by atoms with E-state index >= 15 is 0 Å². The van der Waals surface area contributed by atoms with Gasteiger partial charge in [0.05, 0.1) is 18.3 Å². The SMILES string of the molecule is Cc1nc(F)ccc1Oc1ncc(C(F)(F)F)c(C)c1C(=O)Nc1cccc([S+]([O-])N(C)C(=O)[C@@H](C)O)c1. The van der Waals surface area contributed by atoms with Crippen molar-refractivity contribution in [1.29, 1.82) is 0 Å². The number of aryl methyl sites for hydroxylation is 1. The first-order valence-corrected chi connectivity index (χ1v) is 12.0. The summed E-state index contributed by atoms with van der Waals surface area (Å²) in [6.45, 7) is 3.69. The number of hydrogen-bond acceptors (Lipinski definition) is 7. The van der Waals surface area contributed by atoms with E-state index in [4.69, 9.17) is 4.74 Å². The summed E-state index contributed by atoms with van der Waals surface area (Å²) in [4.78, 5) is 32.5. The van der Waals surface area contributed by atoms with Gasteiger partial charge in [-0.25, -0.2) is 9.97 Å². The largest absolute Gasteiger partial charge is 0.588 e. The molecule has 14 heteroatoms. The minimum Gasteiger partial charge on any atom is -0.588 e. The van der Waals surface area contributed by atoms with Crippen LogP contribution < -0.4 is 10.1 Å². The molecule has 2 atom stereocenters. The Labute approximate surface area is 217 Å². The van der Waals surface area contributed by atoms with E-state index in [9.17, 15) is 36.8 Å². The lowest BCUT2D eigenvalue weighted by Crippen LogP contribution is -2.39. The molecule has 2 N–H and O–H groups in total. The predicted octanol–water partition coefficient (Wildman–Crippen LogP) is 4.16. The quantitative estimate of drug-likeness (QED) is 0.255. The second kappa shape index (κ2) is 11.3. The van der Waals surface area contributed by atoms with Crippen molar-refractivity contribution in [2.24, 2.45) is 0 Å². The Kier molecular flexibility index (Phi) is 8.59. The van der Waals surface area contributed by atoms with Gasteiger partial charge in [0.15, 0.2) is 10.6 Å². The first-order valence-electron chi connectivity index (χ1n) is 10.9. The summed E-state index contributed by atoms with van der Waals surface area (Å²) in [7, 11) is 1.21. The molecule has 0 radical (unpaired) electrons. The van der Waals surface area contributed by atoms with Gasteiger partial charge in [-0.1, -0.05) is 6.07 Å². The average Bonchev–Trinajstić information content (AvgIpc) is 2.83. The number of alkyl halides is 3. The van der Waals surface area contributed by atoms with Crippen molar-refractivity contribution < 1.29 is 41.5 Å². The number of carbonyl (C=O) groups is 2. The third-order valence-corrected chi connectivity index (χ3v) is 6.59. The molecule has 0 aliphatic carbocycles. The number of halogens is 4. The number of aromatic nitrogens is 2. The summed E-state index contributed by atoms with van der Waals surface area (Å²) in [6.07, 6.45) is -5.70. The first kappa shape index (κ1) is 28.8. The molecule has 1 unspecified atom stereocenters. The van der Waals surface area contributed by atoms with Gasteiger partial charge in [0.1, 0.15) is 23.0 Å². The molecule has 3 rings (SSSR count). The van der Waals surface area contributed by atoms with Crippen LogP contribution in [-0.2, 0) is 22.3 Å². The maximum atomic E-state index is 13.6. The molecule has 0 bridgehead atoms. The Bertz CT molecular complexity index is 1370. The Morgan fingerprint density at radius 1 is 1.21 bits per heavy atom. The van der Waals surface area contributed by atoms with Crippen molar-refractivity contribution in [3.63, 3.8) is 0 Å². The Hall–Kier alpha value is -3.75. The third kappa shape index (κ3) is 6.38. The van der Waals surface area contributed by atoms with Crippen LogP contribution >= 0.6 is 0 Å². The molecule has 0 spiro atoms. The van der Waals surface area contributed by atoms with Crippen LogP contribution in [0.25, 0.3) is 0 Å². The average molecular weight is 555 g/mol. The zero-order chi connectivity index (χ0) is 28.4. The zero-order valence-electron chi connectivity index (χ0n) is 20.5. The molecule has 0 aliphatic rings. The minimum absolute atomic E-state index is 0.0321. The number of likely N-dealkylation sites (N-methyl/N-ethyl adjacent to an activating group) is 1. The lowest BCUT2D eigenvalue weighted by Gasteiger charge is -2.21. The molecular formula is C24H22F4N4O5S. The highest BCUT2D eigenvalue weighted by atomic mass is 32.2. The fourth-order valence-electron chi connectivity index (χ4n) is 3.32. The van der Waals surface area contributed by atoms with Crippen LogP contribution in [0, 0.1) is 19.8 Å². The monoisotopic (exact) mass is 554 g/mol. The Morgan fingerprint density at radius 2 is 1.89 bits per heavy atom. The number of benzene rings is 1. The number of aliphatic hydroxyl groups is 1. The van der Waals surface area contributed by atoms with Gasteiger partial charge in [-0.05, 0) is 50.6 Å². The highest BCUT2D eigenvalue weighted by molar-refractivity contribution is 7.89. The van der Waals surface area contributed by atoms with Crippen molar-refractivity contribution in [3.05, 3.63) is 70.9 Å². The van der Waals surface area contributed by atoms with E-state index in [0.29, 0.717) is 6.20 Å². The van der Waals surface area contributed by atoms with Crippen LogP contribution in [-0.4, -0.2) is 48.9 Å². The number of rotatable bonds is 7.